The van der Waals surface area contributed by atoms with Gasteiger partial charge in [0.1, 0.15) is 17.5 Å². The summed E-state index contributed by atoms with van der Waals surface area (Å²) in [5.41, 5.74) is 1.61. The molecule has 9 rings (SSSR count). The molecule has 5 aliphatic heterocycles. The van der Waals surface area contributed by atoms with Gasteiger partial charge in [0, 0.05) is 54.8 Å². The van der Waals surface area contributed by atoms with Gasteiger partial charge >= 0.3 is 5.97 Å². The quantitative estimate of drug-likeness (QED) is 0.0942. The Morgan fingerprint density at radius 3 is 1.96 bits per heavy atom. The van der Waals surface area contributed by atoms with Gasteiger partial charge < -0.3 is 42.6 Å². The summed E-state index contributed by atoms with van der Waals surface area (Å²) in [5.74, 6) is -0.189. The molecule has 0 aromatic rings. The first-order valence-corrected chi connectivity index (χ1v) is 29.0. The Morgan fingerprint density at radius 1 is 0.622 bits per heavy atom. The van der Waals surface area contributed by atoms with E-state index in [2.05, 4.69) is 121 Å². The number of allylic oxidation sites excluding steroid dienone is 5. The van der Waals surface area contributed by atoms with Crippen LogP contribution in [-0.4, -0.2) is 97.6 Å². The number of carbonyl (C=O) groups is 3. The monoisotopic (exact) mass is 1030 g/mol. The summed E-state index contributed by atoms with van der Waals surface area (Å²) in [6.07, 6.45) is 16.4. The van der Waals surface area contributed by atoms with E-state index in [1.165, 1.54) is 5.57 Å². The van der Waals surface area contributed by atoms with E-state index in [1.807, 2.05) is 13.0 Å². The van der Waals surface area contributed by atoms with E-state index in [0.29, 0.717) is 29.9 Å². The first-order chi connectivity index (χ1) is 35.0. The number of rotatable bonds is 9. The minimum absolute atomic E-state index is 0.0557. The van der Waals surface area contributed by atoms with Crippen molar-refractivity contribution in [2.24, 2.45) is 70.5 Å². The molecule has 1 saturated carbocycles. The number of esters is 1. The molecule has 74 heavy (non-hydrogen) atoms. The van der Waals surface area contributed by atoms with Gasteiger partial charge in [-0.05, 0) is 133 Å². The van der Waals surface area contributed by atoms with Crippen molar-refractivity contribution in [1.82, 2.24) is 0 Å². The summed E-state index contributed by atoms with van der Waals surface area (Å²) >= 11 is 0. The molecular weight excluding hydrogens is 937 g/mol. The Kier molecular flexibility index (Phi) is 16.7. The Labute approximate surface area is 443 Å². The fourth-order valence-electron chi connectivity index (χ4n) is 15.5. The summed E-state index contributed by atoms with van der Waals surface area (Å²) < 4.78 is 59.8. The number of ether oxygens (including phenoxy) is 9. The molecule has 5 fully saturated rings. The second-order valence-corrected chi connectivity index (χ2v) is 25.5. The van der Waals surface area contributed by atoms with Crippen molar-refractivity contribution in [2.45, 2.75) is 241 Å². The van der Waals surface area contributed by atoms with E-state index < -0.39 is 29.6 Å². The SMILES string of the molecule is CC1=C2C(=O)OC13CC(C=O)=CC(C)C3/C=C(\C)C(C)C/C=C(\C)C1C=CC3C(OC4CC(OC5CCC(OC6CC(C)C(OC7CCC(C)C(C)O7)C(C)O6)C(C)O5)C(C)C(C)O4)C(C)CC(C)C3C1(C)C2=O. The maximum atomic E-state index is 16.0. The third kappa shape index (κ3) is 10.5. The molecule has 4 aliphatic carbocycles. The van der Waals surface area contributed by atoms with E-state index in [9.17, 15) is 9.59 Å². The largest absolute Gasteiger partial charge is 0.450 e. The molecule has 412 valence electrons. The summed E-state index contributed by atoms with van der Waals surface area (Å²) in [4.78, 5) is 43.0. The highest BCUT2D eigenvalue weighted by Crippen LogP contribution is 2.60. The highest BCUT2D eigenvalue weighted by Gasteiger charge is 2.63. The van der Waals surface area contributed by atoms with Gasteiger partial charge in [-0.25, -0.2) is 4.79 Å². The van der Waals surface area contributed by atoms with E-state index in [-0.39, 0.29) is 138 Å². The molecule has 25 atom stereocenters. The molecule has 2 bridgehead atoms. The zero-order chi connectivity index (χ0) is 53.3. The molecular formula is C62H92O12. The van der Waals surface area contributed by atoms with Crippen LogP contribution in [0.1, 0.15) is 162 Å². The Balaban J connectivity index is 0.893. The van der Waals surface area contributed by atoms with Crippen LogP contribution in [0.25, 0.3) is 0 Å². The molecule has 0 aromatic heterocycles. The molecule has 9 aliphatic rings. The van der Waals surface area contributed by atoms with Gasteiger partial charge in [0.15, 0.2) is 30.9 Å². The number of Topliss-reactive ketones (excluding diaryl/α,β-unsaturated/α-hetero) is 1. The van der Waals surface area contributed by atoms with Crippen molar-refractivity contribution in [3.63, 3.8) is 0 Å². The lowest BCUT2D eigenvalue weighted by Crippen LogP contribution is -2.58. The predicted octanol–water partition coefficient (Wildman–Crippen LogP) is 11.8. The fraction of sp³-hybridized carbons (Fsp3) is 0.790. The van der Waals surface area contributed by atoms with Crippen molar-refractivity contribution in [3.05, 3.63) is 58.2 Å². The van der Waals surface area contributed by atoms with E-state index in [1.54, 1.807) is 0 Å². The van der Waals surface area contributed by atoms with Crippen LogP contribution in [0.15, 0.2) is 58.2 Å². The van der Waals surface area contributed by atoms with Gasteiger partial charge in [-0.15, -0.1) is 0 Å². The first-order valence-electron chi connectivity index (χ1n) is 29.0. The number of hydrogen-bond donors (Lipinski definition) is 0. The maximum absolute atomic E-state index is 16.0. The topological polar surface area (TPSA) is 134 Å². The maximum Gasteiger partial charge on any atom is 0.342 e. The molecule has 0 N–H and O–H groups in total. The number of aldehydes is 1. The predicted molar refractivity (Wildman–Crippen MR) is 282 cm³/mol. The van der Waals surface area contributed by atoms with Crippen molar-refractivity contribution < 1.29 is 57.0 Å². The average molecular weight is 1030 g/mol. The van der Waals surface area contributed by atoms with Crippen LogP contribution in [0, 0.1) is 70.5 Å². The minimum atomic E-state index is -1.12. The number of hydrogen-bond acceptors (Lipinski definition) is 12. The molecule has 12 nitrogen and oxygen atoms in total. The van der Waals surface area contributed by atoms with Gasteiger partial charge in [0.2, 0.25) is 0 Å². The van der Waals surface area contributed by atoms with Gasteiger partial charge in [-0.3, -0.25) is 9.59 Å². The molecule has 1 spiro atoms. The molecule has 25 unspecified atom stereocenters. The summed E-state index contributed by atoms with van der Waals surface area (Å²) in [6.45, 7) is 32.2. The van der Waals surface area contributed by atoms with Crippen LogP contribution in [0.4, 0.5) is 0 Å². The molecule has 12 heteroatoms. The molecule has 0 radical (unpaired) electrons. The lowest BCUT2D eigenvalue weighted by molar-refractivity contribution is -0.322. The Bertz CT molecular complexity index is 2230. The van der Waals surface area contributed by atoms with E-state index in [4.69, 9.17) is 42.6 Å². The van der Waals surface area contributed by atoms with Crippen molar-refractivity contribution in [1.29, 1.82) is 0 Å². The third-order valence-electron chi connectivity index (χ3n) is 20.4. The van der Waals surface area contributed by atoms with Crippen LogP contribution in [0.2, 0.25) is 0 Å². The second-order valence-electron chi connectivity index (χ2n) is 25.5. The van der Waals surface area contributed by atoms with Crippen molar-refractivity contribution >= 4 is 18.0 Å². The number of fused-ring (bicyclic) bond motifs is 3. The summed E-state index contributed by atoms with van der Waals surface area (Å²) in [7, 11) is 0. The zero-order valence-corrected chi connectivity index (χ0v) is 47.5. The minimum Gasteiger partial charge on any atom is -0.450 e. The Hall–Kier alpha value is -2.81. The smallest absolute Gasteiger partial charge is 0.342 e. The van der Waals surface area contributed by atoms with E-state index >= 15 is 4.79 Å². The summed E-state index contributed by atoms with van der Waals surface area (Å²) in [5, 5.41) is 0. The van der Waals surface area contributed by atoms with Crippen LogP contribution in [-0.2, 0) is 57.0 Å². The second kappa shape index (κ2) is 22.1. The molecule has 0 aromatic carbocycles. The number of ketones is 1. The van der Waals surface area contributed by atoms with Gasteiger partial charge in [0.25, 0.3) is 0 Å². The van der Waals surface area contributed by atoms with Crippen LogP contribution < -0.4 is 0 Å². The highest BCUT2D eigenvalue weighted by atomic mass is 16.7. The van der Waals surface area contributed by atoms with Gasteiger partial charge in [0.05, 0.1) is 48.8 Å². The van der Waals surface area contributed by atoms with Crippen LogP contribution in [0.5, 0.6) is 0 Å². The molecule has 4 saturated heterocycles. The third-order valence-corrected chi connectivity index (χ3v) is 20.4. The van der Waals surface area contributed by atoms with E-state index in [0.717, 1.165) is 50.4 Å². The molecule has 5 heterocycles. The standard InChI is InChI=1S/C62H92O12/c1-31-16-17-33(3)47-20-19-46-56(61(47,15)59(64)55-40(10)62(74-60(55)65)29-45(30-63)25-35(5)48(62)26-34(31)4)36(6)24-37(7)58(46)73-54-28-50(39(9)42(12)67-54)71-51-23-21-49(43(13)68-51)70-53-27-38(8)57(44(14)69-53)72-52-22-18-32(2)41(11)66-52/h17,19-20,25-26,30-32,35-39,41-44,46-54,56-58H,16,18,21-24,27-29H2,1-15H3/b33-17+,34-26+. The highest BCUT2D eigenvalue weighted by molar-refractivity contribution is 6.22. The summed E-state index contributed by atoms with van der Waals surface area (Å²) in [6, 6.07) is 0. The van der Waals surface area contributed by atoms with Crippen LogP contribution in [0.3, 0.4) is 0 Å². The van der Waals surface area contributed by atoms with Gasteiger partial charge in [-0.1, -0.05) is 96.9 Å². The normalized spacial score (nSPS) is 50.5. The lowest BCUT2D eigenvalue weighted by Gasteiger charge is -2.56. The van der Waals surface area contributed by atoms with Gasteiger partial charge in [-0.2, -0.15) is 0 Å². The first kappa shape index (κ1) is 55.9. The number of carbonyl (C=O) groups excluding carboxylic acids is 3. The van der Waals surface area contributed by atoms with Crippen molar-refractivity contribution in [2.75, 3.05) is 0 Å². The molecule has 0 amide bonds. The fourth-order valence-corrected chi connectivity index (χ4v) is 15.5. The van der Waals surface area contributed by atoms with Crippen LogP contribution >= 0.6 is 0 Å². The Morgan fingerprint density at radius 2 is 1.26 bits per heavy atom. The van der Waals surface area contributed by atoms with Crippen molar-refractivity contribution in [3.8, 4) is 0 Å². The average Bonchev–Trinajstić information content (AvgIpc) is 3.59. The lowest BCUT2D eigenvalue weighted by atomic mass is 9.48. The zero-order valence-electron chi connectivity index (χ0n) is 47.5.